The van der Waals surface area contributed by atoms with Crippen molar-refractivity contribution in [3.63, 3.8) is 0 Å². The van der Waals surface area contributed by atoms with E-state index in [1.807, 2.05) is 12.1 Å². The molecule has 0 radical (unpaired) electrons. The van der Waals surface area contributed by atoms with Crippen LogP contribution in [-0.4, -0.2) is 6.61 Å². The van der Waals surface area contributed by atoms with E-state index in [1.54, 1.807) is 0 Å². The molecule has 0 spiro atoms. The van der Waals surface area contributed by atoms with Crippen molar-refractivity contribution in [2.24, 2.45) is 11.7 Å². The first kappa shape index (κ1) is 8.78. The van der Waals surface area contributed by atoms with Gasteiger partial charge in [0.25, 0.3) is 0 Å². The molecule has 0 aromatic carbocycles. The van der Waals surface area contributed by atoms with E-state index in [9.17, 15) is 0 Å². The second-order valence-electron chi connectivity index (χ2n) is 3.53. The largest absolute Gasteiger partial charge is 0.462 e. The van der Waals surface area contributed by atoms with Crippen molar-refractivity contribution < 1.29 is 9.15 Å². The summed E-state index contributed by atoms with van der Waals surface area (Å²) in [6.45, 7) is 1.91. The summed E-state index contributed by atoms with van der Waals surface area (Å²) in [6.07, 6.45) is 2.65. The van der Waals surface area contributed by atoms with E-state index < -0.39 is 0 Å². The SMILES string of the molecule is NCc1ccc(COCC2CC2)o1. The smallest absolute Gasteiger partial charge is 0.129 e. The Kier molecular flexibility index (Phi) is 2.66. The van der Waals surface area contributed by atoms with E-state index in [-0.39, 0.29) is 0 Å². The Labute approximate surface area is 77.9 Å². The lowest BCUT2D eigenvalue weighted by Crippen LogP contribution is -1.96. The van der Waals surface area contributed by atoms with Gasteiger partial charge in [0, 0.05) is 6.61 Å². The summed E-state index contributed by atoms with van der Waals surface area (Å²) in [6, 6.07) is 3.82. The molecule has 13 heavy (non-hydrogen) atoms. The minimum Gasteiger partial charge on any atom is -0.462 e. The van der Waals surface area contributed by atoms with Crippen molar-refractivity contribution in [1.29, 1.82) is 0 Å². The van der Waals surface area contributed by atoms with Crippen molar-refractivity contribution in [2.75, 3.05) is 6.61 Å². The van der Waals surface area contributed by atoms with E-state index in [4.69, 9.17) is 14.9 Å². The monoisotopic (exact) mass is 181 g/mol. The molecule has 3 heteroatoms. The highest BCUT2D eigenvalue weighted by Gasteiger charge is 2.21. The topological polar surface area (TPSA) is 48.4 Å². The molecule has 1 aromatic rings. The van der Waals surface area contributed by atoms with Gasteiger partial charge in [-0.25, -0.2) is 0 Å². The zero-order valence-corrected chi connectivity index (χ0v) is 7.66. The first-order valence-corrected chi connectivity index (χ1v) is 4.74. The van der Waals surface area contributed by atoms with Gasteiger partial charge in [-0.05, 0) is 30.9 Å². The Morgan fingerprint density at radius 2 is 2.15 bits per heavy atom. The predicted octanol–water partition coefficient (Wildman–Crippen LogP) is 1.66. The lowest BCUT2D eigenvalue weighted by Gasteiger charge is -1.99. The zero-order chi connectivity index (χ0) is 9.10. The van der Waals surface area contributed by atoms with Gasteiger partial charge in [-0.3, -0.25) is 0 Å². The Morgan fingerprint density at radius 1 is 1.38 bits per heavy atom. The molecule has 0 aliphatic heterocycles. The molecule has 0 atom stereocenters. The third-order valence-corrected chi connectivity index (χ3v) is 2.21. The Balaban J connectivity index is 1.72. The van der Waals surface area contributed by atoms with Crippen molar-refractivity contribution in [3.8, 4) is 0 Å². The summed E-state index contributed by atoms with van der Waals surface area (Å²) in [5.74, 6) is 2.51. The lowest BCUT2D eigenvalue weighted by atomic mass is 10.4. The van der Waals surface area contributed by atoms with E-state index in [0.717, 1.165) is 24.0 Å². The molecule has 0 bridgehead atoms. The number of rotatable bonds is 5. The van der Waals surface area contributed by atoms with Gasteiger partial charge in [-0.2, -0.15) is 0 Å². The van der Waals surface area contributed by atoms with Gasteiger partial charge in [0.15, 0.2) is 0 Å². The third kappa shape index (κ3) is 2.57. The molecule has 2 rings (SSSR count). The molecule has 0 saturated heterocycles. The molecular weight excluding hydrogens is 166 g/mol. The average molecular weight is 181 g/mol. The van der Waals surface area contributed by atoms with Crippen LogP contribution in [-0.2, 0) is 17.9 Å². The Hall–Kier alpha value is -0.800. The number of nitrogens with two attached hydrogens (primary N) is 1. The number of hydrogen-bond donors (Lipinski definition) is 1. The highest BCUT2D eigenvalue weighted by molar-refractivity contribution is 5.05. The van der Waals surface area contributed by atoms with Gasteiger partial charge in [0.05, 0.1) is 6.54 Å². The highest BCUT2D eigenvalue weighted by atomic mass is 16.5. The van der Waals surface area contributed by atoms with Crippen LogP contribution < -0.4 is 5.73 Å². The minimum atomic E-state index is 0.461. The standard InChI is InChI=1S/C10H15NO2/c11-5-9-3-4-10(13-9)7-12-6-8-1-2-8/h3-4,8H,1-2,5-7,11H2. The molecule has 1 aromatic heterocycles. The molecule has 1 aliphatic carbocycles. The third-order valence-electron chi connectivity index (χ3n) is 2.21. The first-order chi connectivity index (χ1) is 6.38. The van der Waals surface area contributed by atoms with Crippen LogP contribution in [0.4, 0.5) is 0 Å². The number of furan rings is 1. The number of hydrogen-bond acceptors (Lipinski definition) is 3. The van der Waals surface area contributed by atoms with Crippen molar-refractivity contribution in [3.05, 3.63) is 23.7 Å². The van der Waals surface area contributed by atoms with Gasteiger partial charge in [0.2, 0.25) is 0 Å². The zero-order valence-electron chi connectivity index (χ0n) is 7.66. The Bertz CT molecular complexity index is 266. The van der Waals surface area contributed by atoms with Crippen LogP contribution in [0.25, 0.3) is 0 Å². The molecule has 0 unspecified atom stereocenters. The van der Waals surface area contributed by atoms with Crippen LogP contribution in [0.3, 0.4) is 0 Å². The fraction of sp³-hybridized carbons (Fsp3) is 0.600. The van der Waals surface area contributed by atoms with Crippen molar-refractivity contribution in [2.45, 2.75) is 26.0 Å². The molecule has 0 amide bonds. The van der Waals surface area contributed by atoms with Crippen molar-refractivity contribution >= 4 is 0 Å². The van der Waals surface area contributed by atoms with Crippen LogP contribution in [0.1, 0.15) is 24.4 Å². The average Bonchev–Trinajstić information content (AvgIpc) is 2.84. The molecule has 1 fully saturated rings. The summed E-state index contributed by atoms with van der Waals surface area (Å²) in [4.78, 5) is 0. The van der Waals surface area contributed by atoms with E-state index in [0.29, 0.717) is 13.2 Å². The molecule has 2 N–H and O–H groups in total. The van der Waals surface area contributed by atoms with Crippen LogP contribution in [0.2, 0.25) is 0 Å². The minimum absolute atomic E-state index is 0.461. The summed E-state index contributed by atoms with van der Waals surface area (Å²) < 4.78 is 10.9. The molecule has 3 nitrogen and oxygen atoms in total. The summed E-state index contributed by atoms with van der Waals surface area (Å²) in [5.41, 5.74) is 5.42. The summed E-state index contributed by atoms with van der Waals surface area (Å²) in [5, 5.41) is 0. The van der Waals surface area contributed by atoms with Gasteiger partial charge in [0.1, 0.15) is 18.1 Å². The highest BCUT2D eigenvalue weighted by Crippen LogP contribution is 2.29. The molecule has 1 heterocycles. The number of ether oxygens (including phenoxy) is 1. The van der Waals surface area contributed by atoms with E-state index in [1.165, 1.54) is 12.8 Å². The summed E-state index contributed by atoms with van der Waals surface area (Å²) in [7, 11) is 0. The molecule has 1 saturated carbocycles. The van der Waals surface area contributed by atoms with Crippen LogP contribution in [0, 0.1) is 5.92 Å². The second kappa shape index (κ2) is 3.94. The molecular formula is C10H15NO2. The fourth-order valence-electron chi connectivity index (χ4n) is 1.22. The maximum atomic E-state index is 5.47. The molecule has 72 valence electrons. The summed E-state index contributed by atoms with van der Waals surface area (Å²) >= 11 is 0. The Morgan fingerprint density at radius 3 is 2.77 bits per heavy atom. The van der Waals surface area contributed by atoms with Gasteiger partial charge >= 0.3 is 0 Å². The lowest BCUT2D eigenvalue weighted by molar-refractivity contribution is 0.0964. The first-order valence-electron chi connectivity index (χ1n) is 4.74. The van der Waals surface area contributed by atoms with E-state index >= 15 is 0 Å². The van der Waals surface area contributed by atoms with Crippen LogP contribution in [0.15, 0.2) is 16.5 Å². The maximum absolute atomic E-state index is 5.47. The predicted molar refractivity (Wildman–Crippen MR) is 49.0 cm³/mol. The van der Waals surface area contributed by atoms with E-state index in [2.05, 4.69) is 0 Å². The maximum Gasteiger partial charge on any atom is 0.129 e. The van der Waals surface area contributed by atoms with Crippen molar-refractivity contribution in [1.82, 2.24) is 0 Å². The van der Waals surface area contributed by atoms with Gasteiger partial charge in [-0.1, -0.05) is 0 Å². The fourth-order valence-corrected chi connectivity index (χ4v) is 1.22. The normalized spacial score (nSPS) is 16.4. The molecule has 1 aliphatic rings. The second-order valence-corrected chi connectivity index (χ2v) is 3.53. The van der Waals surface area contributed by atoms with Gasteiger partial charge < -0.3 is 14.9 Å². The van der Waals surface area contributed by atoms with Crippen LogP contribution >= 0.6 is 0 Å². The van der Waals surface area contributed by atoms with Crippen LogP contribution in [0.5, 0.6) is 0 Å². The quantitative estimate of drug-likeness (QED) is 0.751. The van der Waals surface area contributed by atoms with Gasteiger partial charge in [-0.15, -0.1) is 0 Å².